The van der Waals surface area contributed by atoms with Crippen LogP contribution in [0.1, 0.15) is 10.4 Å². The van der Waals surface area contributed by atoms with Crippen LogP contribution >= 0.6 is 0 Å². The molecule has 1 rings (SSSR count). The molecule has 0 aliphatic rings. The molecule has 0 unspecified atom stereocenters. The van der Waals surface area contributed by atoms with Gasteiger partial charge < -0.3 is 15.2 Å². The predicted octanol–water partition coefficient (Wildman–Crippen LogP) is 0.149. The molecule has 4 heteroatoms. The van der Waals surface area contributed by atoms with Crippen LogP contribution in [0.2, 0.25) is 0 Å². The molecule has 0 aromatic carbocycles. The van der Waals surface area contributed by atoms with Gasteiger partial charge in [0.05, 0.1) is 5.56 Å². The zero-order valence-corrected chi connectivity index (χ0v) is 8.03. The van der Waals surface area contributed by atoms with Crippen molar-refractivity contribution in [2.75, 3.05) is 20.6 Å². The SMILES string of the molecule is CN(C)CCn1ccc(C(N)=O)c1. The third kappa shape index (κ3) is 2.91. The molecule has 0 aliphatic carbocycles. The van der Waals surface area contributed by atoms with Gasteiger partial charge in [-0.05, 0) is 20.2 Å². The van der Waals surface area contributed by atoms with Gasteiger partial charge in [-0.1, -0.05) is 0 Å². The van der Waals surface area contributed by atoms with Gasteiger partial charge in [-0.25, -0.2) is 0 Å². The lowest BCUT2D eigenvalue weighted by molar-refractivity contribution is 0.100. The third-order valence-electron chi connectivity index (χ3n) is 1.84. The molecule has 0 saturated carbocycles. The average molecular weight is 181 g/mol. The topological polar surface area (TPSA) is 51.3 Å². The summed E-state index contributed by atoms with van der Waals surface area (Å²) in [5, 5.41) is 0. The predicted molar refractivity (Wildman–Crippen MR) is 51.5 cm³/mol. The van der Waals surface area contributed by atoms with Crippen molar-refractivity contribution in [1.29, 1.82) is 0 Å². The van der Waals surface area contributed by atoms with E-state index in [-0.39, 0.29) is 5.91 Å². The number of carbonyl (C=O) groups excluding carboxylic acids is 1. The number of hydrogen-bond donors (Lipinski definition) is 1. The Kier molecular flexibility index (Phi) is 3.08. The van der Waals surface area contributed by atoms with E-state index >= 15 is 0 Å². The molecule has 0 saturated heterocycles. The molecule has 0 radical (unpaired) electrons. The molecule has 2 N–H and O–H groups in total. The van der Waals surface area contributed by atoms with E-state index in [1.807, 2.05) is 24.9 Å². The molecule has 1 aromatic rings. The lowest BCUT2D eigenvalue weighted by Crippen LogP contribution is -2.17. The fraction of sp³-hybridized carbons (Fsp3) is 0.444. The maximum atomic E-state index is 10.8. The lowest BCUT2D eigenvalue weighted by atomic mass is 10.3. The van der Waals surface area contributed by atoms with Crippen molar-refractivity contribution in [3.05, 3.63) is 24.0 Å². The van der Waals surface area contributed by atoms with Crippen molar-refractivity contribution < 1.29 is 4.79 Å². The van der Waals surface area contributed by atoms with Gasteiger partial charge >= 0.3 is 0 Å². The second-order valence-corrected chi connectivity index (χ2v) is 3.31. The van der Waals surface area contributed by atoms with Crippen LogP contribution in [0.15, 0.2) is 18.5 Å². The van der Waals surface area contributed by atoms with E-state index in [4.69, 9.17) is 5.73 Å². The molecule has 13 heavy (non-hydrogen) atoms. The smallest absolute Gasteiger partial charge is 0.250 e. The van der Waals surface area contributed by atoms with Crippen LogP contribution in [-0.2, 0) is 6.54 Å². The number of likely N-dealkylation sites (N-methyl/N-ethyl adjacent to an activating group) is 1. The number of aromatic nitrogens is 1. The number of hydrogen-bond acceptors (Lipinski definition) is 2. The van der Waals surface area contributed by atoms with E-state index < -0.39 is 0 Å². The summed E-state index contributed by atoms with van der Waals surface area (Å²) in [6.45, 7) is 1.83. The summed E-state index contributed by atoms with van der Waals surface area (Å²) in [5.41, 5.74) is 5.69. The summed E-state index contributed by atoms with van der Waals surface area (Å²) in [5.74, 6) is -0.372. The van der Waals surface area contributed by atoms with Gasteiger partial charge in [-0.2, -0.15) is 0 Å². The second kappa shape index (κ2) is 4.09. The third-order valence-corrected chi connectivity index (χ3v) is 1.84. The second-order valence-electron chi connectivity index (χ2n) is 3.31. The highest BCUT2D eigenvalue weighted by Gasteiger charge is 2.01. The molecular formula is C9H15N3O. The summed E-state index contributed by atoms with van der Waals surface area (Å²) >= 11 is 0. The van der Waals surface area contributed by atoms with Crippen molar-refractivity contribution in [1.82, 2.24) is 9.47 Å². The van der Waals surface area contributed by atoms with Gasteiger partial charge in [0.1, 0.15) is 0 Å². The van der Waals surface area contributed by atoms with Gasteiger partial charge in [0.15, 0.2) is 0 Å². The fourth-order valence-electron chi connectivity index (χ4n) is 1.04. The molecule has 72 valence electrons. The standard InChI is InChI=1S/C9H15N3O/c1-11(2)5-6-12-4-3-8(7-12)9(10)13/h3-4,7H,5-6H2,1-2H3,(H2,10,13). The van der Waals surface area contributed by atoms with Crippen molar-refractivity contribution in [2.24, 2.45) is 5.73 Å². The first-order chi connectivity index (χ1) is 6.09. The Labute approximate surface area is 77.9 Å². The maximum Gasteiger partial charge on any atom is 0.250 e. The van der Waals surface area contributed by atoms with E-state index in [2.05, 4.69) is 4.90 Å². The summed E-state index contributed by atoms with van der Waals surface area (Å²) in [6.07, 6.45) is 3.63. The molecule has 1 amide bonds. The Bertz CT molecular complexity index is 291. The Balaban J connectivity index is 2.54. The molecule has 0 aliphatic heterocycles. The molecule has 1 heterocycles. The van der Waals surface area contributed by atoms with Crippen LogP contribution in [-0.4, -0.2) is 36.0 Å². The minimum Gasteiger partial charge on any atom is -0.366 e. The largest absolute Gasteiger partial charge is 0.366 e. The number of carbonyl (C=O) groups is 1. The van der Waals surface area contributed by atoms with E-state index in [9.17, 15) is 4.79 Å². The van der Waals surface area contributed by atoms with Crippen LogP contribution in [0.3, 0.4) is 0 Å². The molecule has 1 aromatic heterocycles. The van der Waals surface area contributed by atoms with Crippen molar-refractivity contribution >= 4 is 5.91 Å². The van der Waals surface area contributed by atoms with Crippen molar-refractivity contribution in [3.63, 3.8) is 0 Å². The summed E-state index contributed by atoms with van der Waals surface area (Å²) < 4.78 is 1.96. The van der Waals surface area contributed by atoms with Gasteiger partial charge in [0.2, 0.25) is 5.91 Å². The monoisotopic (exact) mass is 181 g/mol. The van der Waals surface area contributed by atoms with Crippen LogP contribution in [0.5, 0.6) is 0 Å². The first-order valence-electron chi connectivity index (χ1n) is 4.20. The first-order valence-corrected chi connectivity index (χ1v) is 4.20. The Morgan fingerprint density at radius 3 is 2.77 bits per heavy atom. The number of rotatable bonds is 4. The van der Waals surface area contributed by atoms with Gasteiger partial charge in [-0.15, -0.1) is 0 Å². The van der Waals surface area contributed by atoms with Gasteiger partial charge in [-0.3, -0.25) is 4.79 Å². The molecule has 0 atom stereocenters. The highest BCUT2D eigenvalue weighted by molar-refractivity contribution is 5.92. The zero-order chi connectivity index (χ0) is 9.84. The molecule has 0 bridgehead atoms. The minimum atomic E-state index is -0.372. The Morgan fingerprint density at radius 1 is 1.62 bits per heavy atom. The molecule has 0 fully saturated rings. The average Bonchev–Trinajstić information content (AvgIpc) is 2.48. The van der Waals surface area contributed by atoms with Crippen molar-refractivity contribution in [3.8, 4) is 0 Å². The fourth-order valence-corrected chi connectivity index (χ4v) is 1.04. The molecule has 4 nitrogen and oxygen atoms in total. The number of nitrogens with zero attached hydrogens (tertiary/aromatic N) is 2. The van der Waals surface area contributed by atoms with E-state index in [1.165, 1.54) is 0 Å². The minimum absolute atomic E-state index is 0.372. The van der Waals surface area contributed by atoms with E-state index in [1.54, 1.807) is 12.3 Å². The zero-order valence-electron chi connectivity index (χ0n) is 8.03. The molecular weight excluding hydrogens is 166 g/mol. The van der Waals surface area contributed by atoms with Crippen LogP contribution < -0.4 is 5.73 Å². The van der Waals surface area contributed by atoms with Gasteiger partial charge in [0.25, 0.3) is 0 Å². The highest BCUT2D eigenvalue weighted by atomic mass is 16.1. The summed E-state index contributed by atoms with van der Waals surface area (Å²) in [7, 11) is 4.02. The Morgan fingerprint density at radius 2 is 2.31 bits per heavy atom. The highest BCUT2D eigenvalue weighted by Crippen LogP contribution is 1.99. The Hall–Kier alpha value is -1.29. The maximum absolute atomic E-state index is 10.8. The van der Waals surface area contributed by atoms with E-state index in [0.717, 1.165) is 13.1 Å². The van der Waals surface area contributed by atoms with Crippen LogP contribution in [0.4, 0.5) is 0 Å². The number of amides is 1. The van der Waals surface area contributed by atoms with Crippen LogP contribution in [0.25, 0.3) is 0 Å². The first kappa shape index (κ1) is 9.80. The van der Waals surface area contributed by atoms with Gasteiger partial charge in [0, 0.05) is 25.5 Å². The van der Waals surface area contributed by atoms with Crippen molar-refractivity contribution in [2.45, 2.75) is 6.54 Å². The summed E-state index contributed by atoms with van der Waals surface area (Å²) in [4.78, 5) is 12.8. The lowest BCUT2D eigenvalue weighted by Gasteiger charge is -2.09. The normalized spacial score (nSPS) is 10.7. The molecule has 0 spiro atoms. The number of nitrogens with two attached hydrogens (primary N) is 1. The summed E-state index contributed by atoms with van der Waals surface area (Å²) in [6, 6.07) is 1.73. The van der Waals surface area contributed by atoms with Crippen LogP contribution in [0, 0.1) is 0 Å². The quantitative estimate of drug-likeness (QED) is 0.718. The number of primary amides is 1. The van der Waals surface area contributed by atoms with E-state index in [0.29, 0.717) is 5.56 Å².